The monoisotopic (exact) mass is 294 g/mol. The van der Waals surface area contributed by atoms with Crippen molar-refractivity contribution >= 4 is 11.8 Å². The Bertz CT molecular complexity index is 559. The maximum Gasteiger partial charge on any atom is 0.191 e. The number of hydrogen-bond donors (Lipinski definition) is 1. The van der Waals surface area contributed by atoms with Crippen LogP contribution >= 0.6 is 11.8 Å². The molecule has 0 atom stereocenters. The zero-order chi connectivity index (χ0) is 14.5. The second kappa shape index (κ2) is 6.90. The lowest BCUT2D eigenvalue weighted by Gasteiger charge is -2.07. The molecule has 20 heavy (non-hydrogen) atoms. The molecule has 0 saturated carbocycles. The summed E-state index contributed by atoms with van der Waals surface area (Å²) in [7, 11) is 0. The molecule has 2 aromatic rings. The normalized spacial score (nSPS) is 11.2. The van der Waals surface area contributed by atoms with E-state index in [0.717, 1.165) is 41.9 Å². The van der Waals surface area contributed by atoms with Gasteiger partial charge < -0.3 is 10.3 Å². The maximum absolute atomic E-state index is 5.63. The van der Waals surface area contributed by atoms with Gasteiger partial charge in [-0.25, -0.2) is 0 Å². The molecule has 0 bridgehead atoms. The first-order chi connectivity index (χ1) is 9.69. The molecule has 0 amide bonds. The molecule has 2 heterocycles. The van der Waals surface area contributed by atoms with Crippen molar-refractivity contribution in [3.8, 4) is 0 Å². The first-order valence-corrected chi connectivity index (χ1v) is 7.96. The third kappa shape index (κ3) is 3.21. The highest BCUT2D eigenvalue weighted by atomic mass is 32.2. The van der Waals surface area contributed by atoms with Crippen molar-refractivity contribution in [2.24, 2.45) is 5.73 Å². The lowest BCUT2D eigenvalue weighted by Crippen LogP contribution is -2.12. The molecule has 2 N–H and O–H groups in total. The number of rotatable bonds is 7. The first-order valence-electron chi connectivity index (χ1n) is 6.97. The molecule has 0 radical (unpaired) electrons. The lowest BCUT2D eigenvalue weighted by atomic mass is 10.3. The second-order valence-electron chi connectivity index (χ2n) is 4.56. The molecule has 7 heteroatoms. The summed E-state index contributed by atoms with van der Waals surface area (Å²) in [6.45, 7) is 8.44. The Morgan fingerprint density at radius 2 is 2.10 bits per heavy atom. The van der Waals surface area contributed by atoms with Crippen LogP contribution in [-0.2, 0) is 25.3 Å². The molecule has 0 aromatic carbocycles. The van der Waals surface area contributed by atoms with Gasteiger partial charge in [0.05, 0.1) is 5.69 Å². The van der Waals surface area contributed by atoms with E-state index in [1.165, 1.54) is 5.69 Å². The Kier molecular flexibility index (Phi) is 5.19. The zero-order valence-corrected chi connectivity index (χ0v) is 13.2. The zero-order valence-electron chi connectivity index (χ0n) is 12.3. The molecule has 0 fully saturated rings. The highest BCUT2D eigenvalue weighted by Gasteiger charge is 2.11. The summed E-state index contributed by atoms with van der Waals surface area (Å²) < 4.78 is 4.13. The van der Waals surface area contributed by atoms with Crippen LogP contribution in [-0.4, -0.2) is 31.1 Å². The van der Waals surface area contributed by atoms with Crippen LogP contribution in [0, 0.1) is 6.92 Å². The van der Waals surface area contributed by atoms with E-state index in [2.05, 4.69) is 44.5 Å². The standard InChI is InChI=1S/C13H22N6S/c1-4-11-8-12(19(5-2)17-11)9-20-13-16-15-10(3)18(13)7-6-14/h8H,4-7,9,14H2,1-3H3. The summed E-state index contributed by atoms with van der Waals surface area (Å²) in [4.78, 5) is 0. The van der Waals surface area contributed by atoms with Crippen molar-refractivity contribution < 1.29 is 0 Å². The van der Waals surface area contributed by atoms with Crippen molar-refractivity contribution in [3.05, 3.63) is 23.3 Å². The maximum atomic E-state index is 5.63. The lowest BCUT2D eigenvalue weighted by molar-refractivity contribution is 0.621. The highest BCUT2D eigenvalue weighted by Crippen LogP contribution is 2.22. The Morgan fingerprint density at radius 1 is 1.30 bits per heavy atom. The number of aromatic nitrogens is 5. The minimum Gasteiger partial charge on any atom is -0.329 e. The first kappa shape index (κ1) is 15.1. The van der Waals surface area contributed by atoms with Gasteiger partial charge in [-0.05, 0) is 26.3 Å². The Morgan fingerprint density at radius 3 is 2.75 bits per heavy atom. The summed E-state index contributed by atoms with van der Waals surface area (Å²) >= 11 is 1.69. The van der Waals surface area contributed by atoms with Gasteiger partial charge >= 0.3 is 0 Å². The van der Waals surface area contributed by atoms with E-state index < -0.39 is 0 Å². The quantitative estimate of drug-likeness (QED) is 0.785. The predicted octanol–water partition coefficient (Wildman–Crippen LogP) is 1.62. The molecule has 0 aliphatic heterocycles. The number of nitrogens with two attached hydrogens (primary N) is 1. The van der Waals surface area contributed by atoms with Gasteiger partial charge in [0.15, 0.2) is 5.16 Å². The fraction of sp³-hybridized carbons (Fsp3) is 0.615. The largest absolute Gasteiger partial charge is 0.329 e. The third-order valence-corrected chi connectivity index (χ3v) is 4.18. The van der Waals surface area contributed by atoms with Crippen molar-refractivity contribution in [2.75, 3.05) is 6.54 Å². The van der Waals surface area contributed by atoms with E-state index in [9.17, 15) is 0 Å². The molecule has 0 unspecified atom stereocenters. The predicted molar refractivity (Wildman–Crippen MR) is 80.7 cm³/mol. The number of thioether (sulfide) groups is 1. The SMILES string of the molecule is CCc1cc(CSc2nnc(C)n2CCN)n(CC)n1. The fourth-order valence-corrected chi connectivity index (χ4v) is 3.06. The molecular weight excluding hydrogens is 272 g/mol. The van der Waals surface area contributed by atoms with E-state index >= 15 is 0 Å². The Hall–Kier alpha value is -1.34. The van der Waals surface area contributed by atoms with Gasteiger partial charge in [-0.1, -0.05) is 18.7 Å². The second-order valence-corrected chi connectivity index (χ2v) is 5.50. The van der Waals surface area contributed by atoms with E-state index in [1.807, 2.05) is 6.92 Å². The van der Waals surface area contributed by atoms with Crippen LogP contribution in [0.1, 0.15) is 31.1 Å². The average Bonchev–Trinajstić information content (AvgIpc) is 3.02. The smallest absolute Gasteiger partial charge is 0.191 e. The van der Waals surface area contributed by atoms with Crippen LogP contribution in [0.2, 0.25) is 0 Å². The molecule has 110 valence electrons. The Balaban J connectivity index is 2.10. The molecule has 2 aromatic heterocycles. The summed E-state index contributed by atoms with van der Waals surface area (Å²) in [6.07, 6.45) is 0.965. The Labute approximate surface area is 123 Å². The van der Waals surface area contributed by atoms with Crippen molar-refractivity contribution in [3.63, 3.8) is 0 Å². The van der Waals surface area contributed by atoms with E-state index in [4.69, 9.17) is 5.73 Å². The molecule has 6 nitrogen and oxygen atoms in total. The van der Waals surface area contributed by atoms with Crippen molar-refractivity contribution in [1.29, 1.82) is 0 Å². The summed E-state index contributed by atoms with van der Waals surface area (Å²) in [5.74, 6) is 1.76. The van der Waals surface area contributed by atoms with E-state index in [1.54, 1.807) is 11.8 Å². The molecule has 2 rings (SSSR count). The molecular formula is C13H22N6S. The summed E-state index contributed by atoms with van der Waals surface area (Å²) in [5.41, 5.74) is 8.00. The van der Waals surface area contributed by atoms with Gasteiger partial charge in [-0.2, -0.15) is 5.10 Å². The number of nitrogens with zero attached hydrogens (tertiary/aromatic N) is 5. The van der Waals surface area contributed by atoms with Crippen LogP contribution in [0.15, 0.2) is 11.2 Å². The van der Waals surface area contributed by atoms with Crippen LogP contribution < -0.4 is 5.73 Å². The molecule has 0 saturated heterocycles. The van der Waals surface area contributed by atoms with E-state index in [-0.39, 0.29) is 0 Å². The van der Waals surface area contributed by atoms with Gasteiger partial charge in [0, 0.05) is 31.1 Å². The molecule has 0 aliphatic rings. The van der Waals surface area contributed by atoms with Gasteiger partial charge in [0.1, 0.15) is 5.82 Å². The van der Waals surface area contributed by atoms with Crippen LogP contribution in [0.4, 0.5) is 0 Å². The van der Waals surface area contributed by atoms with Crippen molar-refractivity contribution in [2.45, 2.75) is 51.2 Å². The summed E-state index contributed by atoms with van der Waals surface area (Å²) in [5, 5.41) is 13.8. The highest BCUT2D eigenvalue weighted by molar-refractivity contribution is 7.98. The van der Waals surface area contributed by atoms with E-state index in [0.29, 0.717) is 6.54 Å². The fourth-order valence-electron chi connectivity index (χ4n) is 2.07. The topological polar surface area (TPSA) is 74.6 Å². The van der Waals surface area contributed by atoms with Crippen LogP contribution in [0.25, 0.3) is 0 Å². The minimum atomic E-state index is 0.597. The molecule has 0 aliphatic carbocycles. The number of hydrogen-bond acceptors (Lipinski definition) is 5. The minimum absolute atomic E-state index is 0.597. The van der Waals surface area contributed by atoms with Gasteiger partial charge in [0.25, 0.3) is 0 Å². The van der Waals surface area contributed by atoms with Gasteiger partial charge in [0.2, 0.25) is 0 Å². The van der Waals surface area contributed by atoms with Gasteiger partial charge in [-0.3, -0.25) is 4.68 Å². The third-order valence-electron chi connectivity index (χ3n) is 3.18. The van der Waals surface area contributed by atoms with Crippen LogP contribution in [0.3, 0.4) is 0 Å². The number of aryl methyl sites for hydroxylation is 3. The van der Waals surface area contributed by atoms with Gasteiger partial charge in [-0.15, -0.1) is 10.2 Å². The molecule has 0 spiro atoms. The average molecular weight is 294 g/mol. The van der Waals surface area contributed by atoms with Crippen LogP contribution in [0.5, 0.6) is 0 Å². The van der Waals surface area contributed by atoms with Crippen molar-refractivity contribution in [1.82, 2.24) is 24.5 Å². The summed E-state index contributed by atoms with van der Waals surface area (Å²) in [6, 6.07) is 2.17.